The van der Waals surface area contributed by atoms with Crippen LogP contribution in [-0.4, -0.2) is 9.78 Å². The van der Waals surface area contributed by atoms with Gasteiger partial charge in [-0.3, -0.25) is 4.68 Å². The molecule has 0 unspecified atom stereocenters. The summed E-state index contributed by atoms with van der Waals surface area (Å²) in [5, 5.41) is 4.60. The van der Waals surface area contributed by atoms with Gasteiger partial charge in [-0.1, -0.05) is 31.5 Å². The molecule has 4 heteroatoms. The van der Waals surface area contributed by atoms with E-state index >= 15 is 0 Å². The van der Waals surface area contributed by atoms with Gasteiger partial charge in [0.2, 0.25) is 0 Å². The molecule has 0 spiro atoms. The first-order valence-electron chi connectivity index (χ1n) is 7.64. The van der Waals surface area contributed by atoms with E-state index in [9.17, 15) is 0 Å². The Morgan fingerprint density at radius 3 is 2.67 bits per heavy atom. The highest BCUT2D eigenvalue weighted by atomic mass is 16.5. The zero-order chi connectivity index (χ0) is 15.2. The Kier molecular flexibility index (Phi) is 5.39. The molecule has 2 aromatic rings. The van der Waals surface area contributed by atoms with Crippen molar-refractivity contribution in [2.45, 2.75) is 52.8 Å². The molecule has 0 radical (unpaired) electrons. The van der Waals surface area contributed by atoms with Crippen LogP contribution in [0.2, 0.25) is 0 Å². The van der Waals surface area contributed by atoms with Crippen molar-refractivity contribution in [2.75, 3.05) is 0 Å². The molecular formula is C17H25N3O. The normalized spacial score (nSPS) is 11.1. The summed E-state index contributed by atoms with van der Waals surface area (Å²) in [7, 11) is 0. The highest BCUT2D eigenvalue weighted by Crippen LogP contribution is 2.21. The molecule has 114 valence electrons. The zero-order valence-electron chi connectivity index (χ0n) is 13.2. The SMILES string of the molecule is CCC(CC)n1ccc(COc2ccc(C)cc2CN)n1. The number of hydrogen-bond acceptors (Lipinski definition) is 3. The minimum atomic E-state index is 0.470. The van der Waals surface area contributed by atoms with E-state index in [0.29, 0.717) is 19.2 Å². The van der Waals surface area contributed by atoms with Crippen LogP contribution in [0.25, 0.3) is 0 Å². The highest BCUT2D eigenvalue weighted by Gasteiger charge is 2.09. The minimum Gasteiger partial charge on any atom is -0.487 e. The Balaban J connectivity index is 2.03. The van der Waals surface area contributed by atoms with Crippen LogP contribution in [0.4, 0.5) is 0 Å². The first-order valence-corrected chi connectivity index (χ1v) is 7.64. The largest absolute Gasteiger partial charge is 0.487 e. The molecule has 0 atom stereocenters. The Morgan fingerprint density at radius 1 is 1.24 bits per heavy atom. The lowest BCUT2D eigenvalue weighted by molar-refractivity contribution is 0.294. The van der Waals surface area contributed by atoms with E-state index in [1.807, 2.05) is 29.1 Å². The predicted octanol–water partition coefficient (Wildman–Crippen LogP) is 3.59. The molecule has 0 aliphatic rings. The molecule has 0 saturated carbocycles. The summed E-state index contributed by atoms with van der Waals surface area (Å²) in [6.45, 7) is 7.39. The molecule has 0 amide bonds. The van der Waals surface area contributed by atoms with Crippen molar-refractivity contribution in [3.05, 3.63) is 47.3 Å². The lowest BCUT2D eigenvalue weighted by Crippen LogP contribution is -2.09. The van der Waals surface area contributed by atoms with E-state index in [2.05, 4.69) is 31.9 Å². The fourth-order valence-electron chi connectivity index (χ4n) is 2.48. The third-order valence-electron chi connectivity index (χ3n) is 3.79. The van der Waals surface area contributed by atoms with Crippen molar-refractivity contribution >= 4 is 0 Å². The van der Waals surface area contributed by atoms with Gasteiger partial charge < -0.3 is 10.5 Å². The first-order chi connectivity index (χ1) is 10.2. The van der Waals surface area contributed by atoms with Crippen LogP contribution in [-0.2, 0) is 13.2 Å². The first kappa shape index (κ1) is 15.6. The summed E-state index contributed by atoms with van der Waals surface area (Å²) in [5.41, 5.74) is 8.95. The van der Waals surface area contributed by atoms with E-state index in [4.69, 9.17) is 10.5 Å². The Morgan fingerprint density at radius 2 is 2.00 bits per heavy atom. The van der Waals surface area contributed by atoms with Crippen LogP contribution in [0.3, 0.4) is 0 Å². The number of rotatable bonds is 7. The standard InChI is InChI=1S/C17H25N3O/c1-4-16(5-2)20-9-8-15(19-20)12-21-17-7-6-13(3)10-14(17)11-18/h6-10,16H,4-5,11-12,18H2,1-3H3. The van der Waals surface area contributed by atoms with Crippen molar-refractivity contribution in [3.63, 3.8) is 0 Å². The molecule has 21 heavy (non-hydrogen) atoms. The lowest BCUT2D eigenvalue weighted by Gasteiger charge is -2.13. The number of nitrogens with two attached hydrogens (primary N) is 1. The summed E-state index contributed by atoms with van der Waals surface area (Å²) in [4.78, 5) is 0. The number of benzene rings is 1. The monoisotopic (exact) mass is 287 g/mol. The lowest BCUT2D eigenvalue weighted by atomic mass is 10.1. The summed E-state index contributed by atoms with van der Waals surface area (Å²) in [5.74, 6) is 0.847. The average molecular weight is 287 g/mol. The summed E-state index contributed by atoms with van der Waals surface area (Å²) in [6, 6.07) is 8.58. The molecule has 2 N–H and O–H groups in total. The molecule has 0 bridgehead atoms. The molecule has 0 aliphatic heterocycles. The highest BCUT2D eigenvalue weighted by molar-refractivity contribution is 5.36. The van der Waals surface area contributed by atoms with Crippen LogP contribution >= 0.6 is 0 Å². The maximum atomic E-state index is 5.87. The average Bonchev–Trinajstić information content (AvgIpc) is 2.96. The number of nitrogens with zero attached hydrogens (tertiary/aromatic N) is 2. The molecule has 0 saturated heterocycles. The van der Waals surface area contributed by atoms with Crippen LogP contribution in [0, 0.1) is 6.92 Å². The van der Waals surface area contributed by atoms with Gasteiger partial charge in [-0.15, -0.1) is 0 Å². The van der Waals surface area contributed by atoms with E-state index < -0.39 is 0 Å². The van der Waals surface area contributed by atoms with Crippen molar-refractivity contribution in [1.29, 1.82) is 0 Å². The molecule has 1 aromatic heterocycles. The Hall–Kier alpha value is -1.81. The minimum absolute atomic E-state index is 0.470. The van der Waals surface area contributed by atoms with Gasteiger partial charge in [0.15, 0.2) is 0 Å². The second kappa shape index (κ2) is 7.27. The maximum Gasteiger partial charge on any atom is 0.132 e. The van der Waals surface area contributed by atoms with Gasteiger partial charge in [-0.2, -0.15) is 5.10 Å². The fraction of sp³-hybridized carbons (Fsp3) is 0.471. The summed E-state index contributed by atoms with van der Waals surface area (Å²) in [6.07, 6.45) is 4.22. The molecule has 0 fully saturated rings. The number of aromatic nitrogens is 2. The van der Waals surface area contributed by atoms with Gasteiger partial charge in [0.1, 0.15) is 12.4 Å². The smallest absolute Gasteiger partial charge is 0.132 e. The summed E-state index contributed by atoms with van der Waals surface area (Å²) >= 11 is 0. The molecule has 0 aliphatic carbocycles. The van der Waals surface area contributed by atoms with Crippen LogP contribution in [0.5, 0.6) is 5.75 Å². The van der Waals surface area contributed by atoms with E-state index in [1.54, 1.807) is 0 Å². The van der Waals surface area contributed by atoms with Crippen LogP contribution in [0.15, 0.2) is 30.5 Å². The van der Waals surface area contributed by atoms with Crippen molar-refractivity contribution in [3.8, 4) is 5.75 Å². The Labute approximate surface area is 126 Å². The van der Waals surface area contributed by atoms with Crippen LogP contribution in [0.1, 0.15) is 49.6 Å². The van der Waals surface area contributed by atoms with E-state index in [1.165, 1.54) is 5.56 Å². The number of ether oxygens (including phenoxy) is 1. The van der Waals surface area contributed by atoms with E-state index in [-0.39, 0.29) is 0 Å². The molecular weight excluding hydrogens is 262 g/mol. The van der Waals surface area contributed by atoms with Gasteiger partial charge in [0.25, 0.3) is 0 Å². The van der Waals surface area contributed by atoms with Crippen molar-refractivity contribution in [2.24, 2.45) is 5.73 Å². The zero-order valence-corrected chi connectivity index (χ0v) is 13.2. The van der Waals surface area contributed by atoms with Gasteiger partial charge in [0.05, 0.1) is 11.7 Å². The van der Waals surface area contributed by atoms with Gasteiger partial charge in [-0.25, -0.2) is 0 Å². The predicted molar refractivity (Wildman–Crippen MR) is 85.2 cm³/mol. The topological polar surface area (TPSA) is 53.1 Å². The van der Waals surface area contributed by atoms with Crippen molar-refractivity contribution in [1.82, 2.24) is 9.78 Å². The van der Waals surface area contributed by atoms with Crippen molar-refractivity contribution < 1.29 is 4.74 Å². The number of aryl methyl sites for hydroxylation is 1. The number of hydrogen-bond donors (Lipinski definition) is 1. The third-order valence-corrected chi connectivity index (χ3v) is 3.79. The maximum absolute atomic E-state index is 5.87. The van der Waals surface area contributed by atoms with E-state index in [0.717, 1.165) is 29.8 Å². The third kappa shape index (κ3) is 3.85. The Bertz CT molecular complexity index is 573. The van der Waals surface area contributed by atoms with Gasteiger partial charge in [0, 0.05) is 18.3 Å². The second-order valence-electron chi connectivity index (χ2n) is 5.36. The van der Waals surface area contributed by atoms with Gasteiger partial charge >= 0.3 is 0 Å². The summed E-state index contributed by atoms with van der Waals surface area (Å²) < 4.78 is 7.91. The molecule has 1 aromatic carbocycles. The van der Waals surface area contributed by atoms with Gasteiger partial charge in [-0.05, 0) is 31.9 Å². The molecule has 2 rings (SSSR count). The fourth-order valence-corrected chi connectivity index (χ4v) is 2.48. The quantitative estimate of drug-likeness (QED) is 0.846. The van der Waals surface area contributed by atoms with Crippen LogP contribution < -0.4 is 10.5 Å². The second-order valence-corrected chi connectivity index (χ2v) is 5.36. The molecule has 4 nitrogen and oxygen atoms in total. The molecule has 1 heterocycles.